The van der Waals surface area contributed by atoms with Crippen LogP contribution in [0.2, 0.25) is 0 Å². The SMILES string of the molecule is COC[C@H](C(=O)OC)[C@H]1CCC=C1[S@@](=O)c1ccc(C)cc1. The molecular weight excluding hydrogens is 300 g/mol. The standard InChI is InChI=1S/C17H22O4S/c1-12-7-9-13(10-8-12)22(19)16-6-4-5-14(16)15(11-20-2)17(18)21-3/h6-10,14-15H,4-5,11H2,1-3H3/t14-,15+,22+/m1/s1. The van der Waals surface area contributed by atoms with Crippen LogP contribution in [0.15, 0.2) is 40.1 Å². The number of allylic oxidation sites excluding steroid dienone is 2. The Labute approximate surface area is 134 Å². The molecule has 0 unspecified atom stereocenters. The molecule has 22 heavy (non-hydrogen) atoms. The Balaban J connectivity index is 2.23. The topological polar surface area (TPSA) is 52.6 Å². The van der Waals surface area contributed by atoms with Crippen LogP contribution in [0.1, 0.15) is 18.4 Å². The molecule has 0 saturated carbocycles. The van der Waals surface area contributed by atoms with Gasteiger partial charge in [-0.25, -0.2) is 4.21 Å². The van der Waals surface area contributed by atoms with Gasteiger partial charge in [0.25, 0.3) is 0 Å². The predicted molar refractivity (Wildman–Crippen MR) is 85.8 cm³/mol. The number of ether oxygens (including phenoxy) is 2. The lowest BCUT2D eigenvalue weighted by Crippen LogP contribution is -2.30. The molecule has 0 saturated heterocycles. The molecular formula is C17H22O4S. The summed E-state index contributed by atoms with van der Waals surface area (Å²) in [5, 5.41) is 0. The first-order valence-electron chi connectivity index (χ1n) is 7.33. The fraction of sp³-hybridized carbons (Fsp3) is 0.471. The zero-order chi connectivity index (χ0) is 16.1. The third kappa shape index (κ3) is 3.65. The maximum Gasteiger partial charge on any atom is 0.311 e. The molecule has 1 aliphatic rings. The normalized spacial score (nSPS) is 20.3. The lowest BCUT2D eigenvalue weighted by molar-refractivity contribution is -0.148. The fourth-order valence-corrected chi connectivity index (χ4v) is 4.27. The summed E-state index contributed by atoms with van der Waals surface area (Å²) in [4.78, 5) is 13.6. The number of hydrogen-bond donors (Lipinski definition) is 0. The van der Waals surface area contributed by atoms with Crippen molar-refractivity contribution in [1.29, 1.82) is 0 Å². The quantitative estimate of drug-likeness (QED) is 0.756. The minimum atomic E-state index is -1.24. The highest BCUT2D eigenvalue weighted by molar-refractivity contribution is 7.89. The number of hydrogen-bond acceptors (Lipinski definition) is 4. The average molecular weight is 322 g/mol. The van der Waals surface area contributed by atoms with Crippen molar-refractivity contribution < 1.29 is 18.5 Å². The largest absolute Gasteiger partial charge is 0.469 e. The second-order valence-corrected chi connectivity index (χ2v) is 6.94. The van der Waals surface area contributed by atoms with Crippen LogP contribution in [0.25, 0.3) is 0 Å². The molecule has 4 nitrogen and oxygen atoms in total. The molecule has 0 fully saturated rings. The number of benzene rings is 1. The average Bonchev–Trinajstić information content (AvgIpc) is 3.01. The summed E-state index contributed by atoms with van der Waals surface area (Å²) in [6.07, 6.45) is 3.62. The van der Waals surface area contributed by atoms with E-state index in [-0.39, 0.29) is 18.5 Å². The summed E-state index contributed by atoms with van der Waals surface area (Å²) in [5.41, 5.74) is 1.13. The van der Waals surface area contributed by atoms with Gasteiger partial charge in [-0.1, -0.05) is 23.8 Å². The Hall–Kier alpha value is -1.46. The van der Waals surface area contributed by atoms with Crippen molar-refractivity contribution in [3.8, 4) is 0 Å². The molecule has 1 aromatic rings. The van der Waals surface area contributed by atoms with E-state index in [0.29, 0.717) is 0 Å². The Bertz CT molecular complexity index is 577. The van der Waals surface area contributed by atoms with E-state index in [1.54, 1.807) is 7.11 Å². The maximum atomic E-state index is 12.8. The number of rotatable bonds is 6. The second-order valence-electron chi connectivity index (χ2n) is 5.46. The van der Waals surface area contributed by atoms with E-state index >= 15 is 0 Å². The van der Waals surface area contributed by atoms with Crippen LogP contribution in [0.5, 0.6) is 0 Å². The van der Waals surface area contributed by atoms with E-state index in [0.717, 1.165) is 28.2 Å². The van der Waals surface area contributed by atoms with Crippen molar-refractivity contribution >= 4 is 16.8 Å². The summed E-state index contributed by atoms with van der Waals surface area (Å²) in [5.74, 6) is -0.798. The van der Waals surface area contributed by atoms with E-state index < -0.39 is 16.7 Å². The number of carbonyl (C=O) groups excluding carboxylic acids is 1. The zero-order valence-electron chi connectivity index (χ0n) is 13.2. The van der Waals surface area contributed by atoms with E-state index in [1.165, 1.54) is 7.11 Å². The first-order valence-corrected chi connectivity index (χ1v) is 8.48. The first-order chi connectivity index (χ1) is 10.6. The Morgan fingerprint density at radius 2 is 2.00 bits per heavy atom. The molecule has 120 valence electrons. The maximum absolute atomic E-state index is 12.8. The van der Waals surface area contributed by atoms with E-state index in [4.69, 9.17) is 9.47 Å². The van der Waals surface area contributed by atoms with Crippen molar-refractivity contribution in [3.63, 3.8) is 0 Å². The molecule has 0 aromatic heterocycles. The van der Waals surface area contributed by atoms with Gasteiger partial charge in [-0.3, -0.25) is 4.79 Å². The number of esters is 1. The van der Waals surface area contributed by atoms with Crippen LogP contribution in [0.4, 0.5) is 0 Å². The van der Waals surface area contributed by atoms with Gasteiger partial charge in [0.15, 0.2) is 0 Å². The van der Waals surface area contributed by atoms with Crippen LogP contribution in [-0.2, 0) is 25.1 Å². The van der Waals surface area contributed by atoms with Crippen molar-refractivity contribution in [2.24, 2.45) is 11.8 Å². The highest BCUT2D eigenvalue weighted by Crippen LogP contribution is 2.37. The summed E-state index contributed by atoms with van der Waals surface area (Å²) in [6.45, 7) is 2.27. The van der Waals surface area contributed by atoms with E-state index in [2.05, 4.69) is 0 Å². The zero-order valence-corrected chi connectivity index (χ0v) is 14.0. The van der Waals surface area contributed by atoms with E-state index in [9.17, 15) is 9.00 Å². The van der Waals surface area contributed by atoms with Gasteiger partial charge < -0.3 is 9.47 Å². The van der Waals surface area contributed by atoms with Crippen LogP contribution in [0, 0.1) is 18.8 Å². The second kappa shape index (κ2) is 7.70. The molecule has 0 amide bonds. The molecule has 3 atom stereocenters. The first kappa shape index (κ1) is 16.9. The molecule has 1 aromatic carbocycles. The third-order valence-corrected chi connectivity index (χ3v) is 5.57. The van der Waals surface area contributed by atoms with Gasteiger partial charge in [0.1, 0.15) is 0 Å². The van der Waals surface area contributed by atoms with Gasteiger partial charge in [0.05, 0.1) is 30.4 Å². The molecule has 0 N–H and O–H groups in total. The molecule has 0 aliphatic heterocycles. The fourth-order valence-electron chi connectivity index (χ4n) is 2.79. The third-order valence-electron chi connectivity index (χ3n) is 3.97. The molecule has 1 aliphatic carbocycles. The molecule has 0 heterocycles. The minimum absolute atomic E-state index is 0.0884. The monoisotopic (exact) mass is 322 g/mol. The number of carbonyl (C=O) groups is 1. The van der Waals surface area contributed by atoms with Gasteiger partial charge in [-0.05, 0) is 31.9 Å². The predicted octanol–water partition coefficient (Wildman–Crippen LogP) is 2.83. The van der Waals surface area contributed by atoms with Crippen molar-refractivity contribution in [2.75, 3.05) is 20.8 Å². The molecule has 5 heteroatoms. The number of methoxy groups -OCH3 is 2. The summed E-state index contributed by atoms with van der Waals surface area (Å²) >= 11 is 0. The summed E-state index contributed by atoms with van der Waals surface area (Å²) < 4.78 is 22.9. The summed E-state index contributed by atoms with van der Waals surface area (Å²) in [7, 11) is 1.69. The van der Waals surface area contributed by atoms with E-state index in [1.807, 2.05) is 37.3 Å². The Kier molecular flexibility index (Phi) is 5.91. The van der Waals surface area contributed by atoms with Gasteiger partial charge in [-0.2, -0.15) is 0 Å². The lowest BCUT2D eigenvalue weighted by Gasteiger charge is -2.23. The van der Waals surface area contributed by atoms with Crippen LogP contribution in [-0.4, -0.2) is 31.0 Å². The lowest BCUT2D eigenvalue weighted by atomic mass is 9.92. The number of aryl methyl sites for hydroxylation is 1. The highest BCUT2D eigenvalue weighted by Gasteiger charge is 2.36. The molecule has 0 bridgehead atoms. The van der Waals surface area contributed by atoms with Crippen molar-refractivity contribution in [2.45, 2.75) is 24.7 Å². The Morgan fingerprint density at radius 3 is 2.59 bits per heavy atom. The molecule has 2 rings (SSSR count). The van der Waals surface area contributed by atoms with Gasteiger partial charge >= 0.3 is 5.97 Å². The van der Waals surface area contributed by atoms with Crippen molar-refractivity contribution in [1.82, 2.24) is 0 Å². The Morgan fingerprint density at radius 1 is 1.32 bits per heavy atom. The summed E-state index contributed by atoms with van der Waals surface area (Å²) in [6, 6.07) is 7.66. The van der Waals surface area contributed by atoms with Gasteiger partial charge in [0, 0.05) is 22.8 Å². The van der Waals surface area contributed by atoms with Gasteiger partial charge in [-0.15, -0.1) is 0 Å². The van der Waals surface area contributed by atoms with Crippen molar-refractivity contribution in [3.05, 3.63) is 40.8 Å². The highest BCUT2D eigenvalue weighted by atomic mass is 32.2. The van der Waals surface area contributed by atoms with Crippen LogP contribution in [0.3, 0.4) is 0 Å². The minimum Gasteiger partial charge on any atom is -0.469 e. The molecule has 0 radical (unpaired) electrons. The van der Waals surface area contributed by atoms with Crippen LogP contribution < -0.4 is 0 Å². The van der Waals surface area contributed by atoms with Gasteiger partial charge in [0.2, 0.25) is 0 Å². The van der Waals surface area contributed by atoms with Crippen LogP contribution >= 0.6 is 0 Å². The molecule has 0 spiro atoms. The smallest absolute Gasteiger partial charge is 0.311 e.